The van der Waals surface area contributed by atoms with Crippen LogP contribution in [0.5, 0.6) is 0 Å². The van der Waals surface area contributed by atoms with Crippen LogP contribution in [-0.4, -0.2) is 25.2 Å². The Balaban J connectivity index is 2.34. The molecule has 0 saturated carbocycles. The predicted octanol–water partition coefficient (Wildman–Crippen LogP) is 2.50. The fraction of sp³-hybridized carbons (Fsp3) is 0.467. The van der Waals surface area contributed by atoms with Crippen LogP contribution in [-0.2, 0) is 20.9 Å². The first-order valence-corrected chi connectivity index (χ1v) is 6.57. The molecule has 0 saturated heterocycles. The average Bonchev–Trinajstić information content (AvgIpc) is 2.44. The van der Waals surface area contributed by atoms with Gasteiger partial charge in [-0.3, -0.25) is 4.79 Å². The van der Waals surface area contributed by atoms with Crippen molar-refractivity contribution in [2.24, 2.45) is 5.41 Å². The molecule has 0 aromatic heterocycles. The van der Waals surface area contributed by atoms with Crippen molar-refractivity contribution >= 4 is 12.1 Å². The maximum Gasteiger partial charge on any atom is 0.407 e. The highest BCUT2D eigenvalue weighted by Crippen LogP contribution is 2.15. The lowest BCUT2D eigenvalue weighted by molar-refractivity contribution is -0.153. The van der Waals surface area contributed by atoms with Gasteiger partial charge in [-0.1, -0.05) is 30.3 Å². The van der Waals surface area contributed by atoms with Gasteiger partial charge in [0.1, 0.15) is 6.61 Å². The van der Waals surface area contributed by atoms with Crippen LogP contribution in [0.15, 0.2) is 30.3 Å². The van der Waals surface area contributed by atoms with Crippen molar-refractivity contribution in [2.75, 3.05) is 13.2 Å². The van der Waals surface area contributed by atoms with Crippen LogP contribution in [0.2, 0.25) is 0 Å². The Morgan fingerprint density at radius 3 is 2.40 bits per heavy atom. The maximum absolute atomic E-state index is 11.6. The lowest BCUT2D eigenvalue weighted by Gasteiger charge is -2.22. The van der Waals surface area contributed by atoms with E-state index in [9.17, 15) is 9.59 Å². The van der Waals surface area contributed by atoms with Gasteiger partial charge in [0, 0.05) is 6.54 Å². The standard InChI is InChI=1S/C15H21NO4/c1-4-19-13(17)15(2,3)11-16-14(18)20-10-12-8-6-5-7-9-12/h5-9H,4,10-11H2,1-3H3,(H,16,18). The van der Waals surface area contributed by atoms with Crippen LogP contribution in [0.4, 0.5) is 4.79 Å². The highest BCUT2D eigenvalue weighted by atomic mass is 16.5. The summed E-state index contributed by atoms with van der Waals surface area (Å²) in [7, 11) is 0. The summed E-state index contributed by atoms with van der Waals surface area (Å²) in [4.78, 5) is 23.2. The minimum Gasteiger partial charge on any atom is -0.466 e. The third kappa shape index (κ3) is 5.30. The third-order valence-corrected chi connectivity index (χ3v) is 2.72. The van der Waals surface area contributed by atoms with E-state index >= 15 is 0 Å². The first-order chi connectivity index (χ1) is 9.45. The van der Waals surface area contributed by atoms with Gasteiger partial charge in [-0.05, 0) is 26.3 Å². The molecule has 0 fully saturated rings. The minimum absolute atomic E-state index is 0.166. The van der Waals surface area contributed by atoms with E-state index in [1.54, 1.807) is 20.8 Å². The number of hydrogen-bond donors (Lipinski definition) is 1. The summed E-state index contributed by atoms with van der Waals surface area (Å²) in [5.41, 5.74) is 0.134. The monoisotopic (exact) mass is 279 g/mol. The van der Waals surface area contributed by atoms with E-state index in [2.05, 4.69) is 5.32 Å². The van der Waals surface area contributed by atoms with Gasteiger partial charge < -0.3 is 14.8 Å². The Bertz CT molecular complexity index is 442. The van der Waals surface area contributed by atoms with Crippen molar-refractivity contribution in [1.29, 1.82) is 0 Å². The van der Waals surface area contributed by atoms with E-state index in [1.165, 1.54) is 0 Å². The summed E-state index contributed by atoms with van der Waals surface area (Å²) in [6.45, 7) is 5.85. The summed E-state index contributed by atoms with van der Waals surface area (Å²) < 4.78 is 10.00. The smallest absolute Gasteiger partial charge is 0.407 e. The van der Waals surface area contributed by atoms with Crippen molar-refractivity contribution in [2.45, 2.75) is 27.4 Å². The molecular weight excluding hydrogens is 258 g/mol. The molecule has 0 heterocycles. The molecule has 1 aromatic rings. The summed E-state index contributed by atoms with van der Waals surface area (Å²) in [5, 5.41) is 2.57. The molecule has 0 aliphatic heterocycles. The van der Waals surface area contributed by atoms with Crippen molar-refractivity contribution in [3.05, 3.63) is 35.9 Å². The molecule has 5 nitrogen and oxygen atoms in total. The Hall–Kier alpha value is -2.04. The molecule has 1 aromatic carbocycles. The average molecular weight is 279 g/mol. The number of amides is 1. The molecule has 20 heavy (non-hydrogen) atoms. The molecule has 0 aliphatic carbocycles. The third-order valence-electron chi connectivity index (χ3n) is 2.72. The van der Waals surface area contributed by atoms with E-state index in [0.717, 1.165) is 5.56 Å². The van der Waals surface area contributed by atoms with Gasteiger partial charge in [0.25, 0.3) is 0 Å². The molecule has 110 valence electrons. The van der Waals surface area contributed by atoms with E-state index in [1.807, 2.05) is 30.3 Å². The molecule has 1 N–H and O–H groups in total. The first kappa shape index (κ1) is 16.0. The molecule has 0 bridgehead atoms. The van der Waals surface area contributed by atoms with Crippen molar-refractivity contribution in [1.82, 2.24) is 5.32 Å². The quantitative estimate of drug-likeness (QED) is 0.813. The van der Waals surface area contributed by atoms with Crippen LogP contribution in [0.3, 0.4) is 0 Å². The lowest BCUT2D eigenvalue weighted by Crippen LogP contribution is -2.40. The number of esters is 1. The molecule has 0 spiro atoms. The van der Waals surface area contributed by atoms with Crippen LogP contribution < -0.4 is 5.32 Å². The first-order valence-electron chi connectivity index (χ1n) is 6.57. The molecule has 0 unspecified atom stereocenters. The number of carbonyl (C=O) groups is 2. The number of ether oxygens (including phenoxy) is 2. The predicted molar refractivity (Wildman–Crippen MR) is 75.0 cm³/mol. The molecular formula is C15H21NO4. The van der Waals surface area contributed by atoms with E-state index in [-0.39, 0.29) is 19.1 Å². The molecule has 1 amide bonds. The van der Waals surface area contributed by atoms with Crippen LogP contribution in [0, 0.1) is 5.41 Å². The SMILES string of the molecule is CCOC(=O)C(C)(C)CNC(=O)OCc1ccccc1. The normalized spacial score (nSPS) is 10.8. The highest BCUT2D eigenvalue weighted by Gasteiger charge is 2.29. The summed E-state index contributed by atoms with van der Waals surface area (Å²) in [6, 6.07) is 9.39. The van der Waals surface area contributed by atoms with Gasteiger partial charge in [-0.25, -0.2) is 4.79 Å². The zero-order valence-electron chi connectivity index (χ0n) is 12.1. The van der Waals surface area contributed by atoms with Gasteiger partial charge in [0.2, 0.25) is 0 Å². The summed E-state index contributed by atoms with van der Waals surface area (Å²) in [6.07, 6.45) is -0.550. The Morgan fingerprint density at radius 2 is 1.80 bits per heavy atom. The Morgan fingerprint density at radius 1 is 1.15 bits per heavy atom. The lowest BCUT2D eigenvalue weighted by atomic mass is 9.94. The number of benzene rings is 1. The number of alkyl carbamates (subject to hydrolysis) is 1. The second kappa shape index (κ2) is 7.53. The molecule has 0 aliphatic rings. The molecule has 0 radical (unpaired) electrons. The fourth-order valence-corrected chi connectivity index (χ4v) is 1.47. The van der Waals surface area contributed by atoms with Crippen LogP contribution in [0.25, 0.3) is 0 Å². The zero-order valence-corrected chi connectivity index (χ0v) is 12.1. The second-order valence-electron chi connectivity index (χ2n) is 5.02. The van der Waals surface area contributed by atoms with Gasteiger partial charge in [-0.15, -0.1) is 0 Å². The molecule has 5 heteroatoms. The largest absolute Gasteiger partial charge is 0.466 e. The van der Waals surface area contributed by atoms with E-state index < -0.39 is 11.5 Å². The number of nitrogens with one attached hydrogen (secondary N) is 1. The zero-order chi connectivity index (χ0) is 15.0. The minimum atomic E-state index is -0.776. The van der Waals surface area contributed by atoms with E-state index in [4.69, 9.17) is 9.47 Å². The van der Waals surface area contributed by atoms with Gasteiger partial charge in [-0.2, -0.15) is 0 Å². The van der Waals surface area contributed by atoms with Gasteiger partial charge in [0.15, 0.2) is 0 Å². The van der Waals surface area contributed by atoms with Crippen molar-refractivity contribution in [3.8, 4) is 0 Å². The van der Waals surface area contributed by atoms with Gasteiger partial charge >= 0.3 is 12.1 Å². The van der Waals surface area contributed by atoms with Crippen molar-refractivity contribution < 1.29 is 19.1 Å². The number of hydrogen-bond acceptors (Lipinski definition) is 4. The topological polar surface area (TPSA) is 64.6 Å². The Kier molecular flexibility index (Phi) is 6.03. The highest BCUT2D eigenvalue weighted by molar-refractivity contribution is 5.77. The maximum atomic E-state index is 11.6. The second-order valence-corrected chi connectivity index (χ2v) is 5.02. The number of carbonyl (C=O) groups excluding carboxylic acids is 2. The van der Waals surface area contributed by atoms with Crippen LogP contribution >= 0.6 is 0 Å². The van der Waals surface area contributed by atoms with Crippen LogP contribution in [0.1, 0.15) is 26.3 Å². The molecule has 1 rings (SSSR count). The van der Waals surface area contributed by atoms with Crippen molar-refractivity contribution in [3.63, 3.8) is 0 Å². The summed E-state index contributed by atoms with van der Waals surface area (Å²) in [5.74, 6) is -0.344. The fourth-order valence-electron chi connectivity index (χ4n) is 1.47. The van der Waals surface area contributed by atoms with E-state index in [0.29, 0.717) is 6.61 Å². The summed E-state index contributed by atoms with van der Waals surface area (Å²) >= 11 is 0. The molecule has 0 atom stereocenters. The Labute approximate surface area is 119 Å². The number of rotatable bonds is 6. The van der Waals surface area contributed by atoms with Gasteiger partial charge in [0.05, 0.1) is 12.0 Å².